The fourth-order valence-corrected chi connectivity index (χ4v) is 3.80. The summed E-state index contributed by atoms with van der Waals surface area (Å²) >= 11 is 0. The molecule has 1 aromatic rings. The topological polar surface area (TPSA) is 92.6 Å². The predicted molar refractivity (Wildman–Crippen MR) is 69.3 cm³/mol. The van der Waals surface area contributed by atoms with Crippen molar-refractivity contribution in [1.82, 2.24) is 9.62 Å². The smallest absolute Gasteiger partial charge is 0.289 e. The number of likely N-dealkylation sites (N-methyl/N-ethyl adjacent to an activating group) is 1. The maximum atomic E-state index is 12.4. The molecule has 1 aliphatic rings. The zero-order valence-electron chi connectivity index (χ0n) is 10.4. The molecule has 7 nitrogen and oxygen atoms in total. The van der Waals surface area contributed by atoms with E-state index in [9.17, 15) is 18.5 Å². The normalized spacial score (nSPS) is 20.6. The number of para-hydroxylation sites is 1. The van der Waals surface area contributed by atoms with Crippen LogP contribution in [0.3, 0.4) is 0 Å². The van der Waals surface area contributed by atoms with E-state index in [1.165, 1.54) is 28.6 Å². The number of nitro groups is 1. The third-order valence-electron chi connectivity index (χ3n) is 3.24. The molecule has 1 aromatic carbocycles. The van der Waals surface area contributed by atoms with Crippen molar-refractivity contribution in [3.8, 4) is 0 Å². The molecule has 0 bridgehead atoms. The first kappa shape index (κ1) is 13.9. The Balaban J connectivity index is 2.38. The Hall–Kier alpha value is -1.51. The maximum Gasteiger partial charge on any atom is 0.289 e. The van der Waals surface area contributed by atoms with Crippen LogP contribution in [0.4, 0.5) is 5.69 Å². The number of hydrogen-bond acceptors (Lipinski definition) is 5. The molecule has 1 atom stereocenters. The summed E-state index contributed by atoms with van der Waals surface area (Å²) < 4.78 is 26.1. The lowest BCUT2D eigenvalue weighted by molar-refractivity contribution is -0.387. The Morgan fingerprint density at radius 2 is 2.11 bits per heavy atom. The molecule has 1 unspecified atom stereocenters. The molecule has 0 aromatic heterocycles. The number of benzene rings is 1. The molecular weight excluding hydrogens is 270 g/mol. The number of nitrogens with zero attached hydrogens (tertiary/aromatic N) is 2. The van der Waals surface area contributed by atoms with Gasteiger partial charge in [0.15, 0.2) is 4.90 Å². The van der Waals surface area contributed by atoms with Crippen LogP contribution in [-0.2, 0) is 10.0 Å². The van der Waals surface area contributed by atoms with Gasteiger partial charge in [-0.05, 0) is 19.5 Å². The van der Waals surface area contributed by atoms with E-state index in [0.717, 1.165) is 0 Å². The molecule has 1 aliphatic heterocycles. The van der Waals surface area contributed by atoms with E-state index < -0.39 is 14.9 Å². The fraction of sp³-hybridized carbons (Fsp3) is 0.455. The molecule has 0 amide bonds. The van der Waals surface area contributed by atoms with Gasteiger partial charge < -0.3 is 5.32 Å². The number of sulfonamides is 1. The summed E-state index contributed by atoms with van der Waals surface area (Å²) in [4.78, 5) is 10.0. The van der Waals surface area contributed by atoms with E-state index in [4.69, 9.17) is 0 Å². The van der Waals surface area contributed by atoms with Gasteiger partial charge in [-0.25, -0.2) is 8.42 Å². The highest BCUT2D eigenvalue weighted by Crippen LogP contribution is 2.28. The van der Waals surface area contributed by atoms with Gasteiger partial charge in [0.2, 0.25) is 10.0 Å². The van der Waals surface area contributed by atoms with E-state index >= 15 is 0 Å². The van der Waals surface area contributed by atoms with Crippen LogP contribution in [0.15, 0.2) is 29.2 Å². The van der Waals surface area contributed by atoms with Crippen LogP contribution in [0.2, 0.25) is 0 Å². The number of hydrogen-bond donors (Lipinski definition) is 1. The number of nitrogens with one attached hydrogen (secondary N) is 1. The van der Waals surface area contributed by atoms with Crippen LogP contribution in [0, 0.1) is 10.1 Å². The van der Waals surface area contributed by atoms with Crippen molar-refractivity contribution in [2.24, 2.45) is 0 Å². The van der Waals surface area contributed by atoms with Crippen molar-refractivity contribution < 1.29 is 13.3 Å². The molecular formula is C11H15N3O4S. The van der Waals surface area contributed by atoms with Crippen LogP contribution < -0.4 is 5.32 Å². The molecule has 2 rings (SSSR count). The van der Waals surface area contributed by atoms with E-state index in [0.29, 0.717) is 19.5 Å². The van der Waals surface area contributed by atoms with Gasteiger partial charge in [0.05, 0.1) is 4.92 Å². The second-order valence-corrected chi connectivity index (χ2v) is 6.27. The molecule has 0 aliphatic carbocycles. The predicted octanol–water partition coefficient (Wildman–Crippen LogP) is 0.577. The molecule has 1 N–H and O–H groups in total. The minimum atomic E-state index is -3.81. The lowest BCUT2D eigenvalue weighted by Crippen LogP contribution is -2.33. The van der Waals surface area contributed by atoms with Gasteiger partial charge in [-0.15, -0.1) is 0 Å². The molecule has 19 heavy (non-hydrogen) atoms. The Morgan fingerprint density at radius 3 is 2.68 bits per heavy atom. The average molecular weight is 285 g/mol. The first-order chi connectivity index (χ1) is 8.96. The van der Waals surface area contributed by atoms with Crippen LogP contribution in [0.1, 0.15) is 6.42 Å². The van der Waals surface area contributed by atoms with Gasteiger partial charge in [0.25, 0.3) is 5.69 Å². The van der Waals surface area contributed by atoms with E-state index in [-0.39, 0.29) is 16.6 Å². The number of nitro benzene ring substituents is 1. The van der Waals surface area contributed by atoms with Gasteiger partial charge in [0.1, 0.15) is 0 Å². The van der Waals surface area contributed by atoms with Crippen LogP contribution >= 0.6 is 0 Å². The highest BCUT2D eigenvalue weighted by Gasteiger charge is 2.35. The van der Waals surface area contributed by atoms with Crippen LogP contribution in [0.25, 0.3) is 0 Å². The lowest BCUT2D eigenvalue weighted by atomic mass is 10.3. The van der Waals surface area contributed by atoms with Gasteiger partial charge in [-0.1, -0.05) is 12.1 Å². The maximum absolute atomic E-state index is 12.4. The molecule has 0 saturated carbocycles. The zero-order valence-corrected chi connectivity index (χ0v) is 11.3. The summed E-state index contributed by atoms with van der Waals surface area (Å²) in [7, 11) is -2.04. The second-order valence-electron chi connectivity index (χ2n) is 4.36. The highest BCUT2D eigenvalue weighted by atomic mass is 32.2. The van der Waals surface area contributed by atoms with Crippen molar-refractivity contribution in [3.63, 3.8) is 0 Å². The molecule has 1 fully saturated rings. The first-order valence-corrected chi connectivity index (χ1v) is 7.31. The van der Waals surface area contributed by atoms with E-state index in [2.05, 4.69) is 5.32 Å². The molecule has 1 heterocycles. The molecule has 0 spiro atoms. The largest absolute Gasteiger partial charge is 0.316 e. The minimum absolute atomic E-state index is 0.0949. The third kappa shape index (κ3) is 2.60. The van der Waals surface area contributed by atoms with Crippen molar-refractivity contribution in [2.75, 3.05) is 20.1 Å². The molecule has 0 radical (unpaired) electrons. The zero-order chi connectivity index (χ0) is 14.0. The summed E-state index contributed by atoms with van der Waals surface area (Å²) in [6.07, 6.45) is 0.705. The van der Waals surface area contributed by atoms with E-state index in [1.54, 1.807) is 7.05 Å². The molecule has 1 saturated heterocycles. The summed E-state index contributed by atoms with van der Waals surface area (Å²) in [5.74, 6) is 0. The summed E-state index contributed by atoms with van der Waals surface area (Å²) in [5, 5.41) is 13.9. The van der Waals surface area contributed by atoms with Crippen LogP contribution in [0.5, 0.6) is 0 Å². The van der Waals surface area contributed by atoms with Crippen molar-refractivity contribution >= 4 is 15.7 Å². The second kappa shape index (κ2) is 5.24. The highest BCUT2D eigenvalue weighted by molar-refractivity contribution is 7.89. The van der Waals surface area contributed by atoms with Gasteiger partial charge in [0, 0.05) is 25.2 Å². The monoisotopic (exact) mass is 285 g/mol. The standard InChI is InChI=1S/C11H15N3O4S/c1-12-9-6-7-13(8-9)19(17,18)11-5-3-2-4-10(11)14(15)16/h2-5,9,12H,6-8H2,1H3. The quantitative estimate of drug-likeness (QED) is 0.645. The average Bonchev–Trinajstić information content (AvgIpc) is 2.88. The van der Waals surface area contributed by atoms with Crippen molar-refractivity contribution in [3.05, 3.63) is 34.4 Å². The number of rotatable bonds is 4. The Kier molecular flexibility index (Phi) is 3.83. The molecule has 104 valence electrons. The van der Waals surface area contributed by atoms with Gasteiger partial charge >= 0.3 is 0 Å². The van der Waals surface area contributed by atoms with Crippen molar-refractivity contribution in [1.29, 1.82) is 0 Å². The van der Waals surface area contributed by atoms with Gasteiger partial charge in [-0.2, -0.15) is 4.31 Å². The lowest BCUT2D eigenvalue weighted by Gasteiger charge is -2.16. The first-order valence-electron chi connectivity index (χ1n) is 5.87. The molecule has 8 heteroatoms. The minimum Gasteiger partial charge on any atom is -0.316 e. The Morgan fingerprint density at radius 1 is 1.42 bits per heavy atom. The Labute approximate surface area is 111 Å². The van der Waals surface area contributed by atoms with Crippen LogP contribution in [-0.4, -0.2) is 43.8 Å². The fourth-order valence-electron chi connectivity index (χ4n) is 2.15. The third-order valence-corrected chi connectivity index (χ3v) is 5.15. The summed E-state index contributed by atoms with van der Waals surface area (Å²) in [6.45, 7) is 0.713. The Bertz CT molecular complexity index is 587. The van der Waals surface area contributed by atoms with E-state index in [1.807, 2.05) is 0 Å². The van der Waals surface area contributed by atoms with Crippen molar-refractivity contribution in [2.45, 2.75) is 17.4 Å². The summed E-state index contributed by atoms with van der Waals surface area (Å²) in [5.41, 5.74) is -0.379. The van der Waals surface area contributed by atoms with Gasteiger partial charge in [-0.3, -0.25) is 10.1 Å². The SMILES string of the molecule is CNC1CCN(S(=O)(=O)c2ccccc2[N+](=O)[O-])C1. The summed E-state index contributed by atoms with van der Waals surface area (Å²) in [6, 6.07) is 5.53.